The van der Waals surface area contributed by atoms with Crippen molar-refractivity contribution in [1.29, 1.82) is 0 Å². The summed E-state index contributed by atoms with van der Waals surface area (Å²) in [6, 6.07) is 10.1. The first-order valence-corrected chi connectivity index (χ1v) is 7.74. The summed E-state index contributed by atoms with van der Waals surface area (Å²) < 4.78 is 0. The molecule has 0 heterocycles. The molecule has 1 amide bonds. The second-order valence-electron chi connectivity index (χ2n) is 6.27. The van der Waals surface area contributed by atoms with Crippen molar-refractivity contribution in [3.05, 3.63) is 35.9 Å². The van der Waals surface area contributed by atoms with Gasteiger partial charge in [0.25, 0.3) is 0 Å². The van der Waals surface area contributed by atoms with E-state index in [4.69, 9.17) is 0 Å². The Bertz CT molecular complexity index is 467. The van der Waals surface area contributed by atoms with Gasteiger partial charge < -0.3 is 10.4 Å². The molecule has 20 heavy (non-hydrogen) atoms. The van der Waals surface area contributed by atoms with Gasteiger partial charge in [-0.15, -0.1) is 0 Å². The van der Waals surface area contributed by atoms with E-state index in [1.165, 1.54) is 6.42 Å². The fourth-order valence-corrected chi connectivity index (χ4v) is 3.35. The van der Waals surface area contributed by atoms with Crippen molar-refractivity contribution in [2.45, 2.75) is 50.0 Å². The molecule has 2 fully saturated rings. The molecule has 0 aliphatic heterocycles. The highest BCUT2D eigenvalue weighted by Gasteiger charge is 2.51. The Labute approximate surface area is 120 Å². The molecule has 3 nitrogen and oxygen atoms in total. The number of benzene rings is 1. The number of aliphatic hydroxyl groups excluding tert-OH is 1. The van der Waals surface area contributed by atoms with Crippen molar-refractivity contribution >= 4 is 5.91 Å². The molecule has 3 rings (SSSR count). The number of carbonyl (C=O) groups is 1. The highest BCUT2D eigenvalue weighted by atomic mass is 16.3. The maximum absolute atomic E-state index is 12.5. The van der Waals surface area contributed by atoms with Gasteiger partial charge in [-0.2, -0.15) is 0 Å². The van der Waals surface area contributed by atoms with Crippen LogP contribution < -0.4 is 5.32 Å². The Morgan fingerprint density at radius 3 is 2.55 bits per heavy atom. The number of hydrogen-bond acceptors (Lipinski definition) is 2. The molecular formula is C17H23NO2. The number of hydrogen-bond donors (Lipinski definition) is 2. The highest BCUT2D eigenvalue weighted by molar-refractivity contribution is 5.91. The molecular weight excluding hydrogens is 250 g/mol. The quantitative estimate of drug-likeness (QED) is 0.885. The summed E-state index contributed by atoms with van der Waals surface area (Å²) >= 11 is 0. The van der Waals surface area contributed by atoms with Crippen molar-refractivity contribution in [2.24, 2.45) is 5.92 Å². The SMILES string of the molecule is O=C(NCC1CCCCC1O)C1(c2ccccc2)CC1. The zero-order valence-corrected chi connectivity index (χ0v) is 11.8. The Morgan fingerprint density at radius 1 is 1.20 bits per heavy atom. The van der Waals surface area contributed by atoms with Crippen LogP contribution in [0, 0.1) is 5.92 Å². The Balaban J connectivity index is 1.59. The van der Waals surface area contributed by atoms with E-state index >= 15 is 0 Å². The molecule has 2 N–H and O–H groups in total. The van der Waals surface area contributed by atoms with Gasteiger partial charge in [-0.05, 0) is 31.2 Å². The molecule has 2 aliphatic rings. The number of nitrogens with one attached hydrogen (secondary N) is 1. The second kappa shape index (κ2) is 5.57. The summed E-state index contributed by atoms with van der Waals surface area (Å²) in [5, 5.41) is 13.1. The van der Waals surface area contributed by atoms with Crippen LogP contribution in [0.4, 0.5) is 0 Å². The third-order valence-corrected chi connectivity index (χ3v) is 4.90. The lowest BCUT2D eigenvalue weighted by Gasteiger charge is -2.28. The summed E-state index contributed by atoms with van der Waals surface area (Å²) in [6.45, 7) is 0.620. The zero-order valence-electron chi connectivity index (χ0n) is 11.8. The van der Waals surface area contributed by atoms with Crippen molar-refractivity contribution in [2.75, 3.05) is 6.54 Å². The van der Waals surface area contributed by atoms with Crippen molar-refractivity contribution in [3.8, 4) is 0 Å². The van der Waals surface area contributed by atoms with Gasteiger partial charge in [0.1, 0.15) is 0 Å². The smallest absolute Gasteiger partial charge is 0.230 e. The van der Waals surface area contributed by atoms with E-state index in [0.29, 0.717) is 6.54 Å². The van der Waals surface area contributed by atoms with Gasteiger partial charge in [-0.25, -0.2) is 0 Å². The van der Waals surface area contributed by atoms with Crippen LogP contribution in [0.2, 0.25) is 0 Å². The molecule has 2 atom stereocenters. The van der Waals surface area contributed by atoms with Gasteiger partial charge in [0.15, 0.2) is 0 Å². The van der Waals surface area contributed by atoms with Crippen LogP contribution in [0.5, 0.6) is 0 Å². The van der Waals surface area contributed by atoms with E-state index in [2.05, 4.69) is 5.32 Å². The molecule has 0 spiro atoms. The molecule has 0 aromatic heterocycles. The predicted octanol–water partition coefficient (Wildman–Crippen LogP) is 2.39. The first-order chi connectivity index (χ1) is 9.72. The predicted molar refractivity (Wildman–Crippen MR) is 78.3 cm³/mol. The average molecular weight is 273 g/mol. The molecule has 0 saturated heterocycles. The Morgan fingerprint density at radius 2 is 1.90 bits per heavy atom. The fraction of sp³-hybridized carbons (Fsp3) is 0.588. The summed E-state index contributed by atoms with van der Waals surface area (Å²) in [5.41, 5.74) is 0.836. The minimum absolute atomic E-state index is 0.140. The van der Waals surface area contributed by atoms with Crippen LogP contribution in [-0.2, 0) is 10.2 Å². The van der Waals surface area contributed by atoms with Gasteiger partial charge in [0, 0.05) is 12.5 Å². The van der Waals surface area contributed by atoms with Crippen LogP contribution in [0.25, 0.3) is 0 Å². The lowest BCUT2D eigenvalue weighted by molar-refractivity contribution is -0.124. The summed E-state index contributed by atoms with van der Waals surface area (Å²) in [6.07, 6.45) is 5.83. The third kappa shape index (κ3) is 2.59. The molecule has 1 aromatic rings. The summed E-state index contributed by atoms with van der Waals surface area (Å²) in [7, 11) is 0. The van der Waals surface area contributed by atoms with Crippen LogP contribution >= 0.6 is 0 Å². The van der Waals surface area contributed by atoms with Gasteiger partial charge in [-0.3, -0.25) is 4.79 Å². The van der Waals surface area contributed by atoms with Crippen LogP contribution in [0.1, 0.15) is 44.1 Å². The maximum atomic E-state index is 12.5. The van der Waals surface area contributed by atoms with Crippen molar-refractivity contribution in [1.82, 2.24) is 5.32 Å². The van der Waals surface area contributed by atoms with E-state index in [9.17, 15) is 9.90 Å². The molecule has 0 bridgehead atoms. The fourth-order valence-electron chi connectivity index (χ4n) is 3.35. The molecule has 3 heteroatoms. The number of amides is 1. The highest BCUT2D eigenvalue weighted by Crippen LogP contribution is 2.48. The average Bonchev–Trinajstić information content (AvgIpc) is 3.29. The number of aliphatic hydroxyl groups is 1. The summed E-state index contributed by atoms with van der Waals surface area (Å²) in [5.74, 6) is 0.376. The van der Waals surface area contributed by atoms with Crippen LogP contribution in [-0.4, -0.2) is 23.7 Å². The number of carbonyl (C=O) groups excluding carboxylic acids is 1. The lowest BCUT2D eigenvalue weighted by Crippen LogP contribution is -2.41. The summed E-state index contributed by atoms with van der Waals surface area (Å²) in [4.78, 5) is 12.5. The molecule has 0 radical (unpaired) electrons. The zero-order chi connectivity index (χ0) is 14.0. The molecule has 1 aromatic carbocycles. The molecule has 2 unspecified atom stereocenters. The maximum Gasteiger partial charge on any atom is 0.230 e. The first-order valence-electron chi connectivity index (χ1n) is 7.74. The minimum atomic E-state index is -0.291. The topological polar surface area (TPSA) is 49.3 Å². The van der Waals surface area contributed by atoms with Gasteiger partial charge in [0.2, 0.25) is 5.91 Å². The van der Waals surface area contributed by atoms with Crippen molar-refractivity contribution in [3.63, 3.8) is 0 Å². The monoisotopic (exact) mass is 273 g/mol. The lowest BCUT2D eigenvalue weighted by atomic mass is 9.86. The van der Waals surface area contributed by atoms with E-state index in [0.717, 1.165) is 37.7 Å². The normalized spacial score (nSPS) is 27.9. The number of rotatable bonds is 4. The first kappa shape index (κ1) is 13.6. The van der Waals surface area contributed by atoms with Gasteiger partial charge in [0.05, 0.1) is 11.5 Å². The van der Waals surface area contributed by atoms with E-state index in [1.807, 2.05) is 30.3 Å². The largest absolute Gasteiger partial charge is 0.393 e. The Kier molecular flexibility index (Phi) is 3.79. The third-order valence-electron chi connectivity index (χ3n) is 4.90. The van der Waals surface area contributed by atoms with Crippen molar-refractivity contribution < 1.29 is 9.90 Å². The molecule has 2 saturated carbocycles. The Hall–Kier alpha value is -1.35. The van der Waals surface area contributed by atoms with Crippen LogP contribution in [0.15, 0.2) is 30.3 Å². The molecule has 2 aliphatic carbocycles. The van der Waals surface area contributed by atoms with Crippen LogP contribution in [0.3, 0.4) is 0 Å². The van der Waals surface area contributed by atoms with E-state index in [-0.39, 0.29) is 23.3 Å². The standard InChI is InChI=1S/C17H23NO2/c19-15-9-5-4-6-13(15)12-18-16(20)17(10-11-17)14-7-2-1-3-8-14/h1-3,7-8,13,15,19H,4-6,9-12H2,(H,18,20). The van der Waals surface area contributed by atoms with E-state index in [1.54, 1.807) is 0 Å². The minimum Gasteiger partial charge on any atom is -0.393 e. The molecule has 108 valence electrons. The van der Waals surface area contributed by atoms with Gasteiger partial charge in [-0.1, -0.05) is 43.2 Å². The van der Waals surface area contributed by atoms with E-state index < -0.39 is 0 Å². The van der Waals surface area contributed by atoms with Gasteiger partial charge >= 0.3 is 0 Å². The second-order valence-corrected chi connectivity index (χ2v) is 6.27.